The Morgan fingerprint density at radius 2 is 1.88 bits per heavy atom. The number of carbonyl (C=O) groups is 1. The number of carbonyl (C=O) groups excluding carboxylic acids is 1. The van der Waals surface area contributed by atoms with Crippen LogP contribution in [0.5, 0.6) is 0 Å². The smallest absolute Gasteiger partial charge is 0.230 e. The molecule has 1 unspecified atom stereocenters. The zero-order valence-corrected chi connectivity index (χ0v) is 17.6. The van der Waals surface area contributed by atoms with Gasteiger partial charge in [0.2, 0.25) is 5.91 Å². The largest absolute Gasteiger partial charge is 0.381 e. The first kappa shape index (κ1) is 19.8. The van der Waals surface area contributed by atoms with Crippen molar-refractivity contribution in [2.75, 3.05) is 32.8 Å². The highest BCUT2D eigenvalue weighted by molar-refractivity contribution is 9.10. The third-order valence-corrected chi connectivity index (χ3v) is 6.71. The van der Waals surface area contributed by atoms with Crippen LogP contribution in [0.15, 0.2) is 28.7 Å². The number of hydrogen-bond acceptors (Lipinski definition) is 3. The molecule has 2 aliphatic heterocycles. The van der Waals surface area contributed by atoms with Crippen LogP contribution in [0, 0.1) is 5.92 Å². The molecule has 0 radical (unpaired) electrons. The summed E-state index contributed by atoms with van der Waals surface area (Å²) in [6.45, 7) is 8.84. The van der Waals surface area contributed by atoms with Gasteiger partial charge in [0.15, 0.2) is 0 Å². The van der Waals surface area contributed by atoms with Crippen molar-refractivity contribution in [2.45, 2.75) is 51.0 Å². The molecule has 1 atom stereocenters. The van der Waals surface area contributed by atoms with Gasteiger partial charge in [0.05, 0.1) is 5.41 Å². The zero-order chi connectivity index (χ0) is 18.6. The van der Waals surface area contributed by atoms with Crippen LogP contribution in [0.2, 0.25) is 0 Å². The molecule has 4 nitrogen and oxygen atoms in total. The first-order chi connectivity index (χ1) is 12.5. The molecule has 0 spiro atoms. The number of benzene rings is 1. The number of likely N-dealkylation sites (tertiary alicyclic amines) is 1. The summed E-state index contributed by atoms with van der Waals surface area (Å²) < 4.78 is 6.59. The summed E-state index contributed by atoms with van der Waals surface area (Å²) in [6.07, 6.45) is 4.02. The third kappa shape index (κ3) is 4.49. The molecule has 2 heterocycles. The lowest BCUT2D eigenvalue weighted by Crippen LogP contribution is -2.52. The Hall–Kier alpha value is -0.910. The van der Waals surface area contributed by atoms with Gasteiger partial charge in [-0.25, -0.2) is 0 Å². The van der Waals surface area contributed by atoms with E-state index >= 15 is 0 Å². The van der Waals surface area contributed by atoms with E-state index in [0.717, 1.165) is 41.9 Å². The van der Waals surface area contributed by atoms with Crippen LogP contribution >= 0.6 is 15.9 Å². The van der Waals surface area contributed by atoms with E-state index in [1.54, 1.807) is 0 Å². The fourth-order valence-electron chi connectivity index (χ4n) is 4.14. The van der Waals surface area contributed by atoms with Gasteiger partial charge in [-0.05, 0) is 69.3 Å². The summed E-state index contributed by atoms with van der Waals surface area (Å²) in [5.74, 6) is 0.983. The van der Waals surface area contributed by atoms with Crippen LogP contribution in [-0.2, 0) is 14.9 Å². The molecule has 0 bridgehead atoms. The Labute approximate surface area is 165 Å². The van der Waals surface area contributed by atoms with Crippen molar-refractivity contribution in [1.82, 2.24) is 10.2 Å². The van der Waals surface area contributed by atoms with Crippen molar-refractivity contribution < 1.29 is 9.53 Å². The molecule has 1 amide bonds. The molecule has 2 fully saturated rings. The number of hydrogen-bond donors (Lipinski definition) is 1. The lowest BCUT2D eigenvalue weighted by molar-refractivity contribution is -0.130. The molecule has 0 aliphatic carbocycles. The van der Waals surface area contributed by atoms with Crippen molar-refractivity contribution in [3.63, 3.8) is 0 Å². The minimum atomic E-state index is -0.463. The standard InChI is InChI=1S/C21H31BrN2O2/c1-16-7-11-24(12-8-16)17(2)15-23-20(25)21(9-13-26-14-10-21)18-3-5-19(22)6-4-18/h3-6,16-17H,7-15H2,1-2H3,(H,23,25). The fourth-order valence-corrected chi connectivity index (χ4v) is 4.41. The van der Waals surface area contributed by atoms with Crippen LogP contribution in [0.4, 0.5) is 0 Å². The lowest BCUT2D eigenvalue weighted by Gasteiger charge is -2.38. The minimum Gasteiger partial charge on any atom is -0.381 e. The molecule has 1 aromatic carbocycles. The molecule has 1 aromatic rings. The Kier molecular flexibility index (Phi) is 6.76. The fraction of sp³-hybridized carbons (Fsp3) is 0.667. The van der Waals surface area contributed by atoms with E-state index in [-0.39, 0.29) is 5.91 Å². The number of nitrogens with zero attached hydrogens (tertiary/aromatic N) is 1. The average molecular weight is 423 g/mol. The van der Waals surface area contributed by atoms with Gasteiger partial charge in [-0.15, -0.1) is 0 Å². The number of halogens is 1. The molecule has 0 aromatic heterocycles. The van der Waals surface area contributed by atoms with Gasteiger partial charge >= 0.3 is 0 Å². The first-order valence-corrected chi connectivity index (χ1v) is 10.7. The van der Waals surface area contributed by atoms with Crippen LogP contribution in [-0.4, -0.2) is 49.7 Å². The molecular weight excluding hydrogens is 392 g/mol. The maximum atomic E-state index is 13.2. The SMILES string of the molecule is CC1CCN(C(C)CNC(=O)C2(c3ccc(Br)cc3)CCOCC2)CC1. The summed E-state index contributed by atoms with van der Waals surface area (Å²) >= 11 is 3.49. The number of nitrogens with one attached hydrogen (secondary N) is 1. The zero-order valence-electron chi connectivity index (χ0n) is 16.0. The highest BCUT2D eigenvalue weighted by Gasteiger charge is 2.41. The molecule has 0 saturated carbocycles. The number of rotatable bonds is 5. The van der Waals surface area contributed by atoms with E-state index in [1.165, 1.54) is 12.8 Å². The summed E-state index contributed by atoms with van der Waals surface area (Å²) in [6, 6.07) is 8.58. The van der Waals surface area contributed by atoms with Gasteiger partial charge in [-0.3, -0.25) is 9.69 Å². The van der Waals surface area contributed by atoms with Crippen molar-refractivity contribution in [1.29, 1.82) is 0 Å². The molecular formula is C21H31BrN2O2. The monoisotopic (exact) mass is 422 g/mol. The predicted octanol–water partition coefficient (Wildman–Crippen LogP) is 3.73. The Morgan fingerprint density at radius 1 is 1.27 bits per heavy atom. The number of piperidine rings is 1. The highest BCUT2D eigenvalue weighted by atomic mass is 79.9. The van der Waals surface area contributed by atoms with Gasteiger partial charge in [0.25, 0.3) is 0 Å². The Bertz CT molecular complexity index is 591. The predicted molar refractivity (Wildman–Crippen MR) is 108 cm³/mol. The van der Waals surface area contributed by atoms with E-state index in [0.29, 0.717) is 25.8 Å². The average Bonchev–Trinajstić information content (AvgIpc) is 2.67. The normalized spacial score (nSPS) is 22.7. The maximum Gasteiger partial charge on any atom is 0.230 e. The van der Waals surface area contributed by atoms with Crippen molar-refractivity contribution in [3.8, 4) is 0 Å². The van der Waals surface area contributed by atoms with Crippen LogP contribution in [0.3, 0.4) is 0 Å². The van der Waals surface area contributed by atoms with E-state index < -0.39 is 5.41 Å². The lowest BCUT2D eigenvalue weighted by atomic mass is 9.73. The van der Waals surface area contributed by atoms with E-state index in [2.05, 4.69) is 52.1 Å². The summed E-state index contributed by atoms with van der Waals surface area (Å²) in [5.41, 5.74) is 0.635. The van der Waals surface area contributed by atoms with E-state index in [1.807, 2.05) is 12.1 Å². The third-order valence-electron chi connectivity index (χ3n) is 6.18. The minimum absolute atomic E-state index is 0.153. The molecule has 26 heavy (non-hydrogen) atoms. The topological polar surface area (TPSA) is 41.6 Å². The van der Waals surface area contributed by atoms with Crippen LogP contribution in [0.1, 0.15) is 45.1 Å². The highest BCUT2D eigenvalue weighted by Crippen LogP contribution is 2.35. The molecule has 144 valence electrons. The summed E-state index contributed by atoms with van der Waals surface area (Å²) in [4.78, 5) is 15.8. The Balaban J connectivity index is 1.65. The molecule has 2 saturated heterocycles. The van der Waals surface area contributed by atoms with Crippen molar-refractivity contribution in [2.24, 2.45) is 5.92 Å². The Morgan fingerprint density at radius 3 is 2.50 bits per heavy atom. The van der Waals surface area contributed by atoms with Crippen LogP contribution in [0.25, 0.3) is 0 Å². The summed E-state index contributed by atoms with van der Waals surface area (Å²) in [7, 11) is 0. The maximum absolute atomic E-state index is 13.2. The molecule has 3 rings (SSSR count). The molecule has 1 N–H and O–H groups in total. The van der Waals surface area contributed by atoms with Gasteiger partial charge in [0.1, 0.15) is 0 Å². The number of amides is 1. The summed E-state index contributed by atoms with van der Waals surface area (Å²) in [5, 5.41) is 3.27. The second kappa shape index (κ2) is 8.85. The van der Waals surface area contributed by atoms with Gasteiger partial charge in [-0.1, -0.05) is 35.0 Å². The first-order valence-electron chi connectivity index (χ1n) is 9.87. The van der Waals surface area contributed by atoms with E-state index in [9.17, 15) is 4.79 Å². The van der Waals surface area contributed by atoms with Crippen molar-refractivity contribution >= 4 is 21.8 Å². The second-order valence-corrected chi connectivity index (χ2v) is 8.89. The van der Waals surface area contributed by atoms with Crippen LogP contribution < -0.4 is 5.32 Å². The van der Waals surface area contributed by atoms with Gasteiger partial charge < -0.3 is 10.1 Å². The second-order valence-electron chi connectivity index (χ2n) is 7.98. The molecule has 2 aliphatic rings. The molecule has 5 heteroatoms. The van der Waals surface area contributed by atoms with Gasteiger partial charge in [-0.2, -0.15) is 0 Å². The van der Waals surface area contributed by atoms with Crippen molar-refractivity contribution in [3.05, 3.63) is 34.3 Å². The van der Waals surface area contributed by atoms with Gasteiger partial charge in [0, 0.05) is 30.3 Å². The quantitative estimate of drug-likeness (QED) is 0.785. The van der Waals surface area contributed by atoms with E-state index in [4.69, 9.17) is 4.74 Å². The number of ether oxygens (including phenoxy) is 1.